The highest BCUT2D eigenvalue weighted by atomic mass is 35.5. The zero-order valence-corrected chi connectivity index (χ0v) is 11.3. The number of rotatable bonds is 5. The molecule has 0 saturated carbocycles. The van der Waals surface area contributed by atoms with Crippen LogP contribution < -0.4 is 5.32 Å². The summed E-state index contributed by atoms with van der Waals surface area (Å²) in [6.07, 6.45) is -2.73. The first-order valence-electron chi connectivity index (χ1n) is 5.78. The third-order valence-electron chi connectivity index (χ3n) is 2.54. The molecule has 110 valence electrons. The molecule has 1 rings (SSSR count). The molecule has 0 aliphatic carbocycles. The van der Waals surface area contributed by atoms with Gasteiger partial charge in [-0.05, 0) is 24.6 Å². The van der Waals surface area contributed by atoms with Crippen LogP contribution >= 0.6 is 11.6 Å². The van der Waals surface area contributed by atoms with E-state index in [2.05, 4.69) is 5.32 Å². The summed E-state index contributed by atoms with van der Waals surface area (Å²) in [5, 5.41) is 11.5. The summed E-state index contributed by atoms with van der Waals surface area (Å²) >= 11 is 5.63. The summed E-state index contributed by atoms with van der Waals surface area (Å²) < 4.78 is 37.7. The largest absolute Gasteiger partial charge is 0.478 e. The van der Waals surface area contributed by atoms with Gasteiger partial charge in [-0.15, -0.1) is 0 Å². The van der Waals surface area contributed by atoms with Crippen molar-refractivity contribution in [3.63, 3.8) is 0 Å². The third kappa shape index (κ3) is 4.77. The number of hydrogen-bond acceptors (Lipinski definition) is 2. The molecule has 0 amide bonds. The summed E-state index contributed by atoms with van der Waals surface area (Å²) in [5.74, 6) is -1.05. The van der Waals surface area contributed by atoms with Crippen LogP contribution in [-0.4, -0.2) is 17.6 Å². The van der Waals surface area contributed by atoms with Crippen molar-refractivity contribution < 1.29 is 23.1 Å². The quantitative estimate of drug-likeness (QED) is 0.802. The minimum Gasteiger partial charge on any atom is -0.478 e. The van der Waals surface area contributed by atoms with Crippen LogP contribution in [0, 0.1) is 0 Å². The number of carboxylic acid groups (broad SMARTS) is 1. The molecule has 0 radical (unpaired) electrons. The molecule has 0 spiro atoms. The molecule has 3 nitrogen and oxygen atoms in total. The lowest BCUT2D eigenvalue weighted by atomic mass is 10.2. The lowest BCUT2D eigenvalue weighted by Crippen LogP contribution is -2.08. The highest BCUT2D eigenvalue weighted by molar-refractivity contribution is 6.30. The fourth-order valence-electron chi connectivity index (χ4n) is 1.53. The predicted molar refractivity (Wildman–Crippen MR) is 71.0 cm³/mol. The smallest absolute Gasteiger partial charge is 0.416 e. The van der Waals surface area contributed by atoms with Gasteiger partial charge in [0.2, 0.25) is 0 Å². The van der Waals surface area contributed by atoms with Crippen LogP contribution in [0.4, 0.5) is 18.9 Å². The monoisotopic (exact) mass is 307 g/mol. The van der Waals surface area contributed by atoms with Gasteiger partial charge in [0.25, 0.3) is 0 Å². The van der Waals surface area contributed by atoms with Gasteiger partial charge in [0, 0.05) is 22.8 Å². The zero-order chi connectivity index (χ0) is 15.3. The number of hydrogen-bond donors (Lipinski definition) is 2. The van der Waals surface area contributed by atoms with E-state index < -0.39 is 17.7 Å². The Labute approximate surface area is 119 Å². The number of nitrogens with one attached hydrogen (secondary N) is 1. The average molecular weight is 308 g/mol. The molecule has 0 bridgehead atoms. The van der Waals surface area contributed by atoms with Gasteiger partial charge in [0.05, 0.1) is 5.56 Å². The van der Waals surface area contributed by atoms with Crippen molar-refractivity contribution in [1.29, 1.82) is 0 Å². The van der Waals surface area contributed by atoms with Gasteiger partial charge in [0.1, 0.15) is 0 Å². The highest BCUT2D eigenvalue weighted by Gasteiger charge is 2.31. The van der Waals surface area contributed by atoms with Crippen LogP contribution in [0.1, 0.15) is 18.9 Å². The normalized spacial score (nSPS) is 12.3. The van der Waals surface area contributed by atoms with Crippen molar-refractivity contribution in [1.82, 2.24) is 0 Å². The lowest BCUT2D eigenvalue weighted by Gasteiger charge is -2.11. The summed E-state index contributed by atoms with van der Waals surface area (Å²) in [6.45, 7) is 1.79. The third-order valence-corrected chi connectivity index (χ3v) is 2.75. The second-order valence-corrected chi connectivity index (χ2v) is 4.43. The van der Waals surface area contributed by atoms with Crippen molar-refractivity contribution in [2.24, 2.45) is 0 Å². The van der Waals surface area contributed by atoms with Crippen LogP contribution in [0.5, 0.6) is 0 Å². The molecular weight excluding hydrogens is 295 g/mol. The molecule has 20 heavy (non-hydrogen) atoms. The van der Waals surface area contributed by atoms with E-state index in [1.54, 1.807) is 6.92 Å². The number of benzene rings is 1. The molecule has 0 heterocycles. The van der Waals surface area contributed by atoms with E-state index >= 15 is 0 Å². The maximum Gasteiger partial charge on any atom is 0.416 e. The van der Waals surface area contributed by atoms with Crippen LogP contribution in [0.3, 0.4) is 0 Å². The molecule has 0 aromatic heterocycles. The molecule has 1 aromatic carbocycles. The van der Waals surface area contributed by atoms with Gasteiger partial charge in [-0.25, -0.2) is 4.79 Å². The fourth-order valence-corrected chi connectivity index (χ4v) is 1.77. The van der Waals surface area contributed by atoms with Gasteiger partial charge in [-0.1, -0.05) is 24.6 Å². The summed E-state index contributed by atoms with van der Waals surface area (Å²) in [4.78, 5) is 10.7. The minimum absolute atomic E-state index is 0.0414. The minimum atomic E-state index is -4.48. The molecule has 2 N–H and O–H groups in total. The molecule has 7 heteroatoms. The molecule has 0 atom stereocenters. The Bertz CT molecular complexity index is 527. The highest BCUT2D eigenvalue weighted by Crippen LogP contribution is 2.33. The van der Waals surface area contributed by atoms with Crippen LogP contribution in [0.15, 0.2) is 29.8 Å². The molecule has 1 aromatic rings. The van der Waals surface area contributed by atoms with Crippen LogP contribution in [0.25, 0.3) is 0 Å². The molecule has 0 fully saturated rings. The standard InChI is InChI=1S/C13H13ClF3NO2/c1-2-8(12(19)20)3-4-18-11-6-9(13(15,16)17)5-10(14)7-11/h3,5-7,18H,2,4H2,1H3,(H,19,20)/b8-3-. The van der Waals surface area contributed by atoms with Crippen molar-refractivity contribution in [3.8, 4) is 0 Å². The van der Waals surface area contributed by atoms with E-state index in [0.29, 0.717) is 6.42 Å². The number of aliphatic carboxylic acids is 1. The van der Waals surface area contributed by atoms with E-state index in [-0.39, 0.29) is 22.8 Å². The summed E-state index contributed by atoms with van der Waals surface area (Å²) in [7, 11) is 0. The summed E-state index contributed by atoms with van der Waals surface area (Å²) in [6, 6.07) is 3.10. The Morgan fingerprint density at radius 2 is 2.05 bits per heavy atom. The Morgan fingerprint density at radius 3 is 2.55 bits per heavy atom. The Morgan fingerprint density at radius 1 is 1.40 bits per heavy atom. The topological polar surface area (TPSA) is 49.3 Å². The molecule has 0 aliphatic heterocycles. The Hall–Kier alpha value is -1.69. The van der Waals surface area contributed by atoms with Crippen molar-refractivity contribution in [2.75, 3.05) is 11.9 Å². The lowest BCUT2D eigenvalue weighted by molar-refractivity contribution is -0.137. The van der Waals surface area contributed by atoms with Crippen molar-refractivity contribution in [3.05, 3.63) is 40.4 Å². The number of alkyl halides is 3. The Kier molecular flexibility index (Phi) is 5.44. The van der Waals surface area contributed by atoms with Crippen LogP contribution in [0.2, 0.25) is 5.02 Å². The van der Waals surface area contributed by atoms with E-state index in [1.165, 1.54) is 12.1 Å². The van der Waals surface area contributed by atoms with Crippen LogP contribution in [-0.2, 0) is 11.0 Å². The van der Waals surface area contributed by atoms with Gasteiger partial charge in [-0.3, -0.25) is 0 Å². The van der Waals surface area contributed by atoms with E-state index in [9.17, 15) is 18.0 Å². The number of anilines is 1. The van der Waals surface area contributed by atoms with Gasteiger partial charge in [0.15, 0.2) is 0 Å². The number of carbonyl (C=O) groups is 1. The van der Waals surface area contributed by atoms with Gasteiger partial charge >= 0.3 is 12.1 Å². The predicted octanol–water partition coefficient (Wildman–Crippen LogP) is 4.19. The fraction of sp³-hybridized carbons (Fsp3) is 0.308. The van der Waals surface area contributed by atoms with Gasteiger partial charge in [-0.2, -0.15) is 13.2 Å². The molecule has 0 saturated heterocycles. The molecule has 0 unspecified atom stereocenters. The first kappa shape index (κ1) is 16.4. The van der Waals surface area contributed by atoms with E-state index in [0.717, 1.165) is 12.1 Å². The maximum absolute atomic E-state index is 12.6. The van der Waals surface area contributed by atoms with Gasteiger partial charge < -0.3 is 10.4 Å². The first-order valence-corrected chi connectivity index (χ1v) is 6.15. The first-order chi connectivity index (χ1) is 9.24. The second-order valence-electron chi connectivity index (χ2n) is 4.00. The maximum atomic E-state index is 12.6. The SMILES string of the molecule is CC/C(=C/CNc1cc(Cl)cc(C(F)(F)F)c1)C(=O)O. The summed E-state index contributed by atoms with van der Waals surface area (Å²) in [5.41, 5.74) is -0.483. The van der Waals surface area contributed by atoms with E-state index in [1.807, 2.05) is 0 Å². The second kappa shape index (κ2) is 6.65. The zero-order valence-electron chi connectivity index (χ0n) is 10.6. The van der Waals surface area contributed by atoms with E-state index in [4.69, 9.17) is 16.7 Å². The number of halogens is 4. The number of carboxylic acids is 1. The Balaban J connectivity index is 2.84. The average Bonchev–Trinajstić information content (AvgIpc) is 2.32. The molecule has 0 aliphatic rings. The molecular formula is C13H13ClF3NO2. The van der Waals surface area contributed by atoms with Crippen molar-refractivity contribution in [2.45, 2.75) is 19.5 Å². The van der Waals surface area contributed by atoms with Crippen molar-refractivity contribution >= 4 is 23.3 Å².